The molecule has 2 aromatic rings. The Kier molecular flexibility index (Phi) is 5.08. The van der Waals surface area contributed by atoms with E-state index in [1.807, 2.05) is 0 Å². The van der Waals surface area contributed by atoms with Gasteiger partial charge in [-0.25, -0.2) is 0 Å². The zero-order valence-electron chi connectivity index (χ0n) is 11.0. The van der Waals surface area contributed by atoms with Crippen molar-refractivity contribution in [3.05, 3.63) is 46.4 Å². The number of methoxy groups -OCH3 is 1. The quantitative estimate of drug-likeness (QED) is 0.788. The molecular weight excluding hydrogens is 359 g/mol. The summed E-state index contributed by atoms with van der Waals surface area (Å²) in [4.78, 5) is 12.7. The summed E-state index contributed by atoms with van der Waals surface area (Å²) in [6.07, 6.45) is 0. The Morgan fingerprint density at radius 3 is 2.57 bits per heavy atom. The van der Waals surface area contributed by atoms with Gasteiger partial charge in [0.05, 0.1) is 30.5 Å². The zero-order valence-corrected chi connectivity index (χ0v) is 13.4. The largest absolute Gasteiger partial charge is 0.495 e. The number of ether oxygens (including phenoxy) is 1. The first-order valence-electron chi connectivity index (χ1n) is 5.88. The molecule has 0 bridgehead atoms. The summed E-state index contributed by atoms with van der Waals surface area (Å²) in [6, 6.07) is 9.67. The maximum Gasteiger partial charge on any atom is 0.257 e. The van der Waals surface area contributed by atoms with Crippen molar-refractivity contribution < 1.29 is 13.4 Å². The van der Waals surface area contributed by atoms with E-state index in [2.05, 4.69) is 21.2 Å². The minimum absolute atomic E-state index is 0.147. The molecule has 110 valence electrons. The van der Waals surface area contributed by atoms with Crippen molar-refractivity contribution in [2.45, 2.75) is 4.90 Å². The lowest BCUT2D eigenvalue weighted by molar-refractivity contribution is 0.102. The minimum Gasteiger partial charge on any atom is -0.495 e. The van der Waals surface area contributed by atoms with Gasteiger partial charge < -0.3 is 15.8 Å². The smallest absolute Gasteiger partial charge is 0.257 e. The van der Waals surface area contributed by atoms with Crippen LogP contribution in [0.4, 0.5) is 15.3 Å². The second-order valence-electron chi connectivity index (χ2n) is 4.12. The number of hydrogen-bond donors (Lipinski definition) is 2. The molecule has 0 saturated carbocycles. The number of benzene rings is 2. The highest BCUT2D eigenvalue weighted by molar-refractivity contribution is 9.10. The number of anilines is 2. The Hall–Kier alpha value is -1.73. The van der Waals surface area contributed by atoms with Crippen LogP contribution in [0.3, 0.4) is 0 Å². The number of hydrogen-bond acceptors (Lipinski definition) is 4. The molecule has 0 aliphatic heterocycles. The molecule has 0 aliphatic rings. The van der Waals surface area contributed by atoms with Crippen molar-refractivity contribution in [1.82, 2.24) is 0 Å². The number of halogens is 2. The number of rotatable bonds is 4. The lowest BCUT2D eigenvalue weighted by Gasteiger charge is -2.11. The third kappa shape index (κ3) is 3.68. The molecule has 0 radical (unpaired) electrons. The van der Waals surface area contributed by atoms with Crippen molar-refractivity contribution in [2.75, 3.05) is 18.2 Å². The van der Waals surface area contributed by atoms with Crippen LogP contribution >= 0.6 is 28.1 Å². The van der Waals surface area contributed by atoms with Gasteiger partial charge >= 0.3 is 0 Å². The molecule has 2 rings (SSSR count). The fourth-order valence-corrected chi connectivity index (χ4v) is 2.41. The number of nitrogens with two attached hydrogens (primary N) is 1. The van der Waals surface area contributed by atoms with Gasteiger partial charge in [0, 0.05) is 15.1 Å². The van der Waals surface area contributed by atoms with Gasteiger partial charge in [-0.1, -0.05) is 15.9 Å². The molecule has 1 amide bonds. The molecule has 3 N–H and O–H groups in total. The summed E-state index contributed by atoms with van der Waals surface area (Å²) in [5.41, 5.74) is 7.01. The third-order valence-corrected chi connectivity index (χ3v) is 3.68. The number of carbonyl (C=O) groups excluding carboxylic acids is 1. The molecule has 0 atom stereocenters. The van der Waals surface area contributed by atoms with Gasteiger partial charge in [-0.05, 0) is 36.4 Å². The van der Waals surface area contributed by atoms with Crippen LogP contribution in [-0.4, -0.2) is 13.0 Å². The van der Waals surface area contributed by atoms with E-state index in [9.17, 15) is 8.68 Å². The Morgan fingerprint density at radius 1 is 1.33 bits per heavy atom. The molecule has 7 heteroatoms. The van der Waals surface area contributed by atoms with E-state index in [1.54, 1.807) is 36.4 Å². The monoisotopic (exact) mass is 370 g/mol. The van der Waals surface area contributed by atoms with Crippen LogP contribution in [0, 0.1) is 0 Å². The summed E-state index contributed by atoms with van der Waals surface area (Å²) in [5, 5.41) is 2.70. The Morgan fingerprint density at radius 2 is 2.00 bits per heavy atom. The first-order valence-corrected chi connectivity index (χ1v) is 7.39. The second-order valence-corrected chi connectivity index (χ2v) is 5.67. The van der Waals surface area contributed by atoms with E-state index in [1.165, 1.54) is 7.11 Å². The molecule has 4 nitrogen and oxygen atoms in total. The van der Waals surface area contributed by atoms with Crippen LogP contribution in [0.25, 0.3) is 0 Å². The van der Waals surface area contributed by atoms with E-state index in [4.69, 9.17) is 10.5 Å². The summed E-state index contributed by atoms with van der Waals surface area (Å²) in [6.45, 7) is 0. The average Bonchev–Trinajstić information content (AvgIpc) is 2.49. The highest BCUT2D eigenvalue weighted by atomic mass is 79.9. The van der Waals surface area contributed by atoms with Gasteiger partial charge in [-0.15, -0.1) is 0 Å². The SMILES string of the molecule is COc1cc(Br)cc(C(=O)Nc2ccc(SF)cc2)c1N. The van der Waals surface area contributed by atoms with Crippen LogP contribution < -0.4 is 15.8 Å². The Labute approximate surface area is 134 Å². The second kappa shape index (κ2) is 6.82. The molecule has 0 aromatic heterocycles. The maximum absolute atomic E-state index is 12.4. The number of carbonyl (C=O) groups is 1. The van der Waals surface area contributed by atoms with E-state index >= 15 is 0 Å². The molecule has 0 spiro atoms. The number of nitrogen functional groups attached to an aromatic ring is 1. The van der Waals surface area contributed by atoms with Crippen LogP contribution in [0.5, 0.6) is 5.75 Å². The molecule has 0 saturated heterocycles. The van der Waals surface area contributed by atoms with Crippen molar-refractivity contribution in [3.63, 3.8) is 0 Å². The van der Waals surface area contributed by atoms with Gasteiger partial charge in [0.15, 0.2) is 0 Å². The van der Waals surface area contributed by atoms with Crippen molar-refractivity contribution in [1.29, 1.82) is 0 Å². The van der Waals surface area contributed by atoms with Crippen LogP contribution in [0.15, 0.2) is 45.8 Å². The molecule has 0 unspecified atom stereocenters. The van der Waals surface area contributed by atoms with E-state index in [0.29, 0.717) is 26.4 Å². The third-order valence-electron chi connectivity index (χ3n) is 2.77. The van der Waals surface area contributed by atoms with Gasteiger partial charge in [-0.2, -0.15) is 3.89 Å². The van der Waals surface area contributed by atoms with Crippen LogP contribution in [-0.2, 0) is 0 Å². The summed E-state index contributed by atoms with van der Waals surface area (Å²) in [7, 11) is 1.48. The predicted molar refractivity (Wildman–Crippen MR) is 86.5 cm³/mol. The fourth-order valence-electron chi connectivity index (χ4n) is 1.74. The zero-order chi connectivity index (χ0) is 15.4. The summed E-state index contributed by atoms with van der Waals surface area (Å²) in [5.74, 6) is 0.0476. The summed E-state index contributed by atoms with van der Waals surface area (Å²) >= 11 is 3.45. The molecule has 21 heavy (non-hydrogen) atoms. The lowest BCUT2D eigenvalue weighted by Crippen LogP contribution is -2.14. The molecule has 2 aromatic carbocycles. The Balaban J connectivity index is 2.25. The molecular formula is C14H12BrFN2O2S. The molecule has 0 heterocycles. The van der Waals surface area contributed by atoms with Crippen molar-refractivity contribution in [2.24, 2.45) is 0 Å². The van der Waals surface area contributed by atoms with E-state index in [-0.39, 0.29) is 23.7 Å². The Bertz CT molecular complexity index is 665. The number of nitrogens with one attached hydrogen (secondary N) is 1. The average molecular weight is 371 g/mol. The number of amides is 1. The van der Waals surface area contributed by atoms with E-state index in [0.717, 1.165) is 0 Å². The van der Waals surface area contributed by atoms with Crippen LogP contribution in [0.2, 0.25) is 0 Å². The highest BCUT2D eigenvalue weighted by Crippen LogP contribution is 2.30. The lowest BCUT2D eigenvalue weighted by atomic mass is 10.1. The molecule has 0 fully saturated rings. The fraction of sp³-hybridized carbons (Fsp3) is 0.0714. The standard InChI is InChI=1S/C14H12BrFN2O2S/c1-20-12-7-8(15)6-11(13(12)17)14(19)18-9-2-4-10(21-16)5-3-9/h2-7H,17H2,1H3,(H,18,19). The van der Waals surface area contributed by atoms with Gasteiger partial charge in [-0.3, -0.25) is 4.79 Å². The highest BCUT2D eigenvalue weighted by Gasteiger charge is 2.15. The molecule has 0 aliphatic carbocycles. The predicted octanol–water partition coefficient (Wildman–Crippen LogP) is 4.27. The van der Waals surface area contributed by atoms with Crippen molar-refractivity contribution in [3.8, 4) is 5.75 Å². The minimum atomic E-state index is -0.368. The van der Waals surface area contributed by atoms with Gasteiger partial charge in [0.1, 0.15) is 5.75 Å². The van der Waals surface area contributed by atoms with Gasteiger partial charge in [0.25, 0.3) is 5.91 Å². The van der Waals surface area contributed by atoms with Crippen LogP contribution in [0.1, 0.15) is 10.4 Å². The van der Waals surface area contributed by atoms with Gasteiger partial charge in [0.2, 0.25) is 0 Å². The normalized spacial score (nSPS) is 10.2. The maximum atomic E-state index is 12.4. The van der Waals surface area contributed by atoms with Crippen molar-refractivity contribution >= 4 is 45.4 Å². The first-order chi connectivity index (χ1) is 10.0. The van der Waals surface area contributed by atoms with E-state index < -0.39 is 0 Å². The summed E-state index contributed by atoms with van der Waals surface area (Å²) < 4.78 is 18.2. The topological polar surface area (TPSA) is 64.3 Å². The first kappa shape index (κ1) is 15.7.